The molecule has 0 heterocycles. The molecule has 0 fully saturated rings. The van der Waals surface area contributed by atoms with Crippen molar-refractivity contribution in [2.45, 2.75) is 75.2 Å². The van der Waals surface area contributed by atoms with Crippen molar-refractivity contribution < 1.29 is 0 Å². The summed E-state index contributed by atoms with van der Waals surface area (Å²) in [4.78, 5) is 0. The minimum absolute atomic E-state index is 0.707. The predicted molar refractivity (Wildman–Crippen MR) is 137 cm³/mol. The number of rotatable bonds is 11. The Morgan fingerprint density at radius 1 is 0.862 bits per heavy atom. The highest BCUT2D eigenvalue weighted by Crippen LogP contribution is 2.29. The van der Waals surface area contributed by atoms with E-state index in [-0.39, 0.29) is 0 Å². The van der Waals surface area contributed by atoms with Crippen molar-refractivity contribution in [3.8, 4) is 17.2 Å². The van der Waals surface area contributed by atoms with E-state index in [1.54, 1.807) is 5.19 Å². The third-order valence-corrected chi connectivity index (χ3v) is 10.6. The molecule has 1 nitrogen and oxygen atoms in total. The third kappa shape index (κ3) is 6.81. The van der Waals surface area contributed by atoms with Crippen molar-refractivity contribution in [2.75, 3.05) is 0 Å². The van der Waals surface area contributed by atoms with Crippen LogP contribution in [0.3, 0.4) is 0 Å². The molecule has 0 spiro atoms. The molecule has 0 unspecified atom stereocenters. The second-order valence-electron chi connectivity index (χ2n) is 8.52. The standard InChI is InChI=1S/C25H33Br2NSi/c1-4-5-6-7-8-9-14-29(2,3)25-16-22(17-26)24(15-23(25)18-27)21-12-10-20(19-28)11-13-21/h10-13,15-16H,4-9,14,17-18H2,1-3H3. The van der Waals surface area contributed by atoms with Crippen LogP contribution in [0.4, 0.5) is 0 Å². The van der Waals surface area contributed by atoms with Crippen molar-refractivity contribution in [3.05, 3.63) is 53.1 Å². The van der Waals surface area contributed by atoms with Gasteiger partial charge >= 0.3 is 0 Å². The van der Waals surface area contributed by atoms with Crippen LogP contribution in [-0.4, -0.2) is 8.07 Å². The van der Waals surface area contributed by atoms with Crippen LogP contribution >= 0.6 is 31.9 Å². The van der Waals surface area contributed by atoms with Gasteiger partial charge in [-0.05, 0) is 34.4 Å². The molecule has 0 saturated carbocycles. The first-order chi connectivity index (χ1) is 14.0. The Balaban J connectivity index is 2.26. The zero-order chi connectivity index (χ0) is 21.3. The molecule has 0 saturated heterocycles. The molecule has 0 N–H and O–H groups in total. The van der Waals surface area contributed by atoms with Crippen LogP contribution in [0.5, 0.6) is 0 Å². The lowest BCUT2D eigenvalue weighted by atomic mass is 9.97. The number of nitrogens with zero attached hydrogens (tertiary/aromatic N) is 1. The lowest BCUT2D eigenvalue weighted by Crippen LogP contribution is -2.43. The van der Waals surface area contributed by atoms with Gasteiger partial charge in [-0.1, -0.05) is 126 Å². The van der Waals surface area contributed by atoms with Gasteiger partial charge in [-0.25, -0.2) is 0 Å². The molecule has 0 aliphatic rings. The number of hydrogen-bond acceptors (Lipinski definition) is 1. The third-order valence-electron chi connectivity index (χ3n) is 5.83. The maximum Gasteiger partial charge on any atom is 0.0991 e. The summed E-state index contributed by atoms with van der Waals surface area (Å²) in [6.45, 7) is 7.33. The molecule has 0 amide bonds. The second-order valence-corrected chi connectivity index (χ2v) is 14.5. The first kappa shape index (κ1) is 24.4. The molecule has 2 aromatic carbocycles. The topological polar surface area (TPSA) is 23.8 Å². The first-order valence-electron chi connectivity index (χ1n) is 10.8. The summed E-state index contributed by atoms with van der Waals surface area (Å²) in [5.41, 5.74) is 5.94. The van der Waals surface area contributed by atoms with E-state index in [4.69, 9.17) is 5.26 Å². The van der Waals surface area contributed by atoms with E-state index >= 15 is 0 Å². The van der Waals surface area contributed by atoms with Gasteiger partial charge in [0.25, 0.3) is 0 Å². The molecule has 2 aromatic rings. The molecular formula is C25H33Br2NSi. The van der Waals surface area contributed by atoms with E-state index in [0.29, 0.717) is 5.56 Å². The average molecular weight is 535 g/mol. The Labute approximate surface area is 195 Å². The van der Waals surface area contributed by atoms with Crippen LogP contribution in [0.25, 0.3) is 11.1 Å². The van der Waals surface area contributed by atoms with E-state index in [9.17, 15) is 0 Å². The maximum atomic E-state index is 9.08. The van der Waals surface area contributed by atoms with Gasteiger partial charge < -0.3 is 0 Å². The zero-order valence-corrected chi connectivity index (χ0v) is 22.2. The summed E-state index contributed by atoms with van der Waals surface area (Å²) in [6, 6.07) is 16.4. The molecule has 0 radical (unpaired) electrons. The largest absolute Gasteiger partial charge is 0.192 e. The van der Waals surface area contributed by atoms with Crippen molar-refractivity contribution >= 4 is 45.1 Å². The van der Waals surface area contributed by atoms with Gasteiger partial charge in [0.05, 0.1) is 19.7 Å². The number of hydrogen-bond donors (Lipinski definition) is 0. The lowest BCUT2D eigenvalue weighted by molar-refractivity contribution is 0.623. The van der Waals surface area contributed by atoms with Gasteiger partial charge in [0.1, 0.15) is 0 Å². The van der Waals surface area contributed by atoms with E-state index in [1.807, 2.05) is 12.1 Å². The number of halogens is 2. The minimum atomic E-state index is -1.49. The van der Waals surface area contributed by atoms with E-state index in [0.717, 1.165) is 10.7 Å². The fraction of sp³-hybridized carbons (Fsp3) is 0.480. The number of unbranched alkanes of at least 4 members (excludes halogenated alkanes) is 5. The number of benzene rings is 2. The highest BCUT2D eigenvalue weighted by molar-refractivity contribution is 9.08. The van der Waals surface area contributed by atoms with Crippen molar-refractivity contribution in [3.63, 3.8) is 0 Å². The van der Waals surface area contributed by atoms with Crippen LogP contribution in [0.2, 0.25) is 19.1 Å². The molecule has 0 aliphatic heterocycles. The molecular weight excluding hydrogens is 502 g/mol. The molecule has 29 heavy (non-hydrogen) atoms. The summed E-state index contributed by atoms with van der Waals surface area (Å²) in [7, 11) is -1.49. The Bertz CT molecular complexity index is 822. The molecule has 0 bridgehead atoms. The summed E-state index contributed by atoms with van der Waals surface area (Å²) in [5, 5.41) is 12.4. The van der Waals surface area contributed by atoms with Crippen LogP contribution in [0, 0.1) is 11.3 Å². The monoisotopic (exact) mass is 533 g/mol. The van der Waals surface area contributed by atoms with Gasteiger partial charge in [0, 0.05) is 10.7 Å². The molecule has 0 atom stereocenters. The quantitative estimate of drug-likeness (QED) is 0.161. The summed E-state index contributed by atoms with van der Waals surface area (Å²) in [6.07, 6.45) is 8.18. The van der Waals surface area contributed by atoms with Crippen LogP contribution in [-0.2, 0) is 10.7 Å². The number of alkyl halides is 2. The molecule has 156 valence electrons. The smallest absolute Gasteiger partial charge is 0.0991 e. The van der Waals surface area contributed by atoms with Gasteiger partial charge in [-0.2, -0.15) is 5.26 Å². The van der Waals surface area contributed by atoms with Crippen LogP contribution in [0.1, 0.15) is 62.1 Å². The summed E-state index contributed by atoms with van der Waals surface area (Å²) in [5.74, 6) is 0. The van der Waals surface area contributed by atoms with Crippen molar-refractivity contribution in [2.24, 2.45) is 0 Å². The van der Waals surface area contributed by atoms with Gasteiger partial charge in [0.15, 0.2) is 0 Å². The molecule has 0 aliphatic carbocycles. The Hall–Kier alpha value is -0.893. The van der Waals surface area contributed by atoms with Crippen molar-refractivity contribution in [1.82, 2.24) is 0 Å². The van der Waals surface area contributed by atoms with E-state index in [2.05, 4.69) is 82.2 Å². The summed E-state index contributed by atoms with van der Waals surface area (Å²) < 4.78 is 0. The molecule has 4 heteroatoms. The predicted octanol–water partition coefficient (Wildman–Crippen LogP) is 8.29. The van der Waals surface area contributed by atoms with Gasteiger partial charge in [0.2, 0.25) is 0 Å². The number of nitriles is 1. The first-order valence-corrected chi connectivity index (χ1v) is 16.2. The Kier molecular flexibility index (Phi) is 10.2. The van der Waals surface area contributed by atoms with Gasteiger partial charge in [-0.15, -0.1) is 0 Å². The van der Waals surface area contributed by atoms with Crippen LogP contribution < -0.4 is 5.19 Å². The SMILES string of the molecule is CCCCCCCC[Si](C)(C)c1cc(CBr)c(-c2ccc(C#N)cc2)cc1CBr. The van der Waals surface area contributed by atoms with Crippen molar-refractivity contribution in [1.29, 1.82) is 5.26 Å². The van der Waals surface area contributed by atoms with E-state index < -0.39 is 8.07 Å². The van der Waals surface area contributed by atoms with Crippen LogP contribution in [0.15, 0.2) is 36.4 Å². The second kappa shape index (κ2) is 12.1. The highest BCUT2D eigenvalue weighted by Gasteiger charge is 2.26. The Morgan fingerprint density at radius 2 is 1.48 bits per heavy atom. The zero-order valence-electron chi connectivity index (χ0n) is 18.0. The lowest BCUT2D eigenvalue weighted by Gasteiger charge is -2.27. The molecule has 2 rings (SSSR count). The average Bonchev–Trinajstić information content (AvgIpc) is 2.75. The van der Waals surface area contributed by atoms with E-state index in [1.165, 1.54) is 66.8 Å². The molecule has 0 aromatic heterocycles. The fourth-order valence-electron chi connectivity index (χ4n) is 4.02. The summed E-state index contributed by atoms with van der Waals surface area (Å²) >= 11 is 7.48. The maximum absolute atomic E-state index is 9.08. The normalized spacial score (nSPS) is 11.4. The minimum Gasteiger partial charge on any atom is -0.192 e. The fourth-order valence-corrected chi connectivity index (χ4v) is 8.20. The Morgan fingerprint density at radius 3 is 2.07 bits per heavy atom. The van der Waals surface area contributed by atoms with Gasteiger partial charge in [-0.3, -0.25) is 0 Å². The highest BCUT2D eigenvalue weighted by atomic mass is 79.9.